The van der Waals surface area contributed by atoms with Crippen LogP contribution in [-0.2, 0) is 6.42 Å². The highest BCUT2D eigenvalue weighted by molar-refractivity contribution is 5.48. The Bertz CT molecular complexity index is 458. The van der Waals surface area contributed by atoms with Crippen LogP contribution in [0.2, 0.25) is 0 Å². The molecule has 4 nitrogen and oxygen atoms in total. The van der Waals surface area contributed by atoms with Crippen molar-refractivity contribution in [3.63, 3.8) is 0 Å². The number of anilines is 1. The third kappa shape index (κ3) is 1.43. The van der Waals surface area contributed by atoms with Crippen molar-refractivity contribution in [2.75, 3.05) is 5.73 Å². The van der Waals surface area contributed by atoms with Crippen molar-refractivity contribution in [1.82, 2.24) is 14.6 Å². The Morgan fingerprint density at radius 1 is 1.43 bits per heavy atom. The van der Waals surface area contributed by atoms with E-state index in [1.54, 1.807) is 4.52 Å². The van der Waals surface area contributed by atoms with Crippen LogP contribution in [0.1, 0.15) is 24.7 Å². The van der Waals surface area contributed by atoms with E-state index in [1.807, 2.05) is 19.1 Å². The number of nitrogen functional groups attached to an aromatic ring is 1. The number of fused-ring (bicyclic) bond motifs is 1. The van der Waals surface area contributed by atoms with E-state index >= 15 is 0 Å². The van der Waals surface area contributed by atoms with Crippen molar-refractivity contribution in [2.45, 2.75) is 26.7 Å². The summed E-state index contributed by atoms with van der Waals surface area (Å²) >= 11 is 0. The third-order valence-electron chi connectivity index (χ3n) is 2.14. The zero-order chi connectivity index (χ0) is 10.1. The molecule has 0 aliphatic carbocycles. The van der Waals surface area contributed by atoms with E-state index < -0.39 is 0 Å². The van der Waals surface area contributed by atoms with Crippen LogP contribution in [0.3, 0.4) is 0 Å². The normalized spacial score (nSPS) is 11.0. The number of hydrogen-bond acceptors (Lipinski definition) is 3. The zero-order valence-electron chi connectivity index (χ0n) is 8.49. The second-order valence-corrected chi connectivity index (χ2v) is 3.48. The van der Waals surface area contributed by atoms with Gasteiger partial charge in [0.05, 0.1) is 5.69 Å². The predicted molar refractivity (Wildman–Crippen MR) is 56.1 cm³/mol. The number of aryl methyl sites for hydroxylation is 2. The van der Waals surface area contributed by atoms with Crippen LogP contribution < -0.4 is 5.73 Å². The lowest BCUT2D eigenvalue weighted by molar-refractivity contribution is 0.859. The quantitative estimate of drug-likeness (QED) is 0.782. The van der Waals surface area contributed by atoms with Gasteiger partial charge in [0.25, 0.3) is 0 Å². The zero-order valence-corrected chi connectivity index (χ0v) is 8.49. The predicted octanol–water partition coefficient (Wildman–Crippen LogP) is 1.57. The first-order valence-corrected chi connectivity index (χ1v) is 4.82. The van der Waals surface area contributed by atoms with Crippen molar-refractivity contribution in [1.29, 1.82) is 0 Å². The van der Waals surface area contributed by atoms with Crippen LogP contribution >= 0.6 is 0 Å². The van der Waals surface area contributed by atoms with Crippen molar-refractivity contribution < 1.29 is 0 Å². The molecule has 14 heavy (non-hydrogen) atoms. The lowest BCUT2D eigenvalue weighted by Gasteiger charge is -2.02. The molecule has 0 spiro atoms. The van der Waals surface area contributed by atoms with Crippen LogP contribution in [0.25, 0.3) is 5.65 Å². The first-order chi connectivity index (χ1) is 6.70. The minimum absolute atomic E-state index is 0.659. The molecule has 0 atom stereocenters. The molecule has 0 aliphatic rings. The van der Waals surface area contributed by atoms with Gasteiger partial charge < -0.3 is 5.73 Å². The van der Waals surface area contributed by atoms with Gasteiger partial charge in [0.2, 0.25) is 0 Å². The maximum atomic E-state index is 5.86. The Hall–Kier alpha value is -1.58. The molecule has 0 amide bonds. The highest BCUT2D eigenvalue weighted by Crippen LogP contribution is 2.11. The lowest BCUT2D eigenvalue weighted by Crippen LogP contribution is -2.02. The Morgan fingerprint density at radius 3 is 2.93 bits per heavy atom. The standard InChI is InChI=1S/C10H14N4/c1-3-4-8-6-9(11)14-10(12-8)5-7(2)13-14/h5-6H,3-4,11H2,1-2H3. The molecule has 0 aromatic carbocycles. The minimum atomic E-state index is 0.659. The van der Waals surface area contributed by atoms with E-state index in [0.29, 0.717) is 5.82 Å². The molecule has 0 saturated heterocycles. The van der Waals surface area contributed by atoms with Crippen LogP contribution in [0.4, 0.5) is 5.82 Å². The van der Waals surface area contributed by atoms with Gasteiger partial charge in [-0.2, -0.15) is 9.61 Å². The van der Waals surface area contributed by atoms with Crippen molar-refractivity contribution in [3.05, 3.63) is 23.5 Å². The highest BCUT2D eigenvalue weighted by Gasteiger charge is 2.04. The van der Waals surface area contributed by atoms with E-state index in [9.17, 15) is 0 Å². The molecule has 0 unspecified atom stereocenters. The summed E-state index contributed by atoms with van der Waals surface area (Å²) in [5.74, 6) is 0.659. The summed E-state index contributed by atoms with van der Waals surface area (Å²) in [5.41, 5.74) is 8.68. The number of nitrogens with two attached hydrogens (primary N) is 1. The smallest absolute Gasteiger partial charge is 0.157 e. The van der Waals surface area contributed by atoms with Gasteiger partial charge in [0.15, 0.2) is 5.65 Å². The molecular formula is C10H14N4. The second kappa shape index (κ2) is 3.29. The van der Waals surface area contributed by atoms with Gasteiger partial charge in [0, 0.05) is 17.8 Å². The summed E-state index contributed by atoms with van der Waals surface area (Å²) in [7, 11) is 0. The maximum absolute atomic E-state index is 5.86. The van der Waals surface area contributed by atoms with Gasteiger partial charge in [-0.25, -0.2) is 4.98 Å². The van der Waals surface area contributed by atoms with Crippen molar-refractivity contribution in [3.8, 4) is 0 Å². The Labute approximate surface area is 82.8 Å². The monoisotopic (exact) mass is 190 g/mol. The Balaban J connectivity index is 2.59. The molecule has 0 saturated carbocycles. The van der Waals surface area contributed by atoms with Crippen LogP contribution in [0, 0.1) is 6.92 Å². The Morgan fingerprint density at radius 2 is 2.21 bits per heavy atom. The molecule has 0 radical (unpaired) electrons. The first-order valence-electron chi connectivity index (χ1n) is 4.82. The van der Waals surface area contributed by atoms with E-state index in [4.69, 9.17) is 5.73 Å². The molecule has 0 aliphatic heterocycles. The highest BCUT2D eigenvalue weighted by atomic mass is 15.3. The van der Waals surface area contributed by atoms with E-state index in [1.165, 1.54) is 0 Å². The van der Waals surface area contributed by atoms with E-state index in [-0.39, 0.29) is 0 Å². The van der Waals surface area contributed by atoms with E-state index in [0.717, 1.165) is 29.9 Å². The van der Waals surface area contributed by atoms with Gasteiger partial charge in [0.1, 0.15) is 5.82 Å². The van der Waals surface area contributed by atoms with E-state index in [2.05, 4.69) is 17.0 Å². The van der Waals surface area contributed by atoms with Gasteiger partial charge in [-0.3, -0.25) is 0 Å². The fraction of sp³-hybridized carbons (Fsp3) is 0.400. The van der Waals surface area contributed by atoms with Gasteiger partial charge in [-0.15, -0.1) is 0 Å². The van der Waals surface area contributed by atoms with Crippen molar-refractivity contribution >= 4 is 11.5 Å². The fourth-order valence-electron chi connectivity index (χ4n) is 1.55. The molecule has 0 bridgehead atoms. The minimum Gasteiger partial charge on any atom is -0.384 e. The summed E-state index contributed by atoms with van der Waals surface area (Å²) < 4.78 is 1.68. The molecule has 4 heteroatoms. The van der Waals surface area contributed by atoms with Crippen LogP contribution in [-0.4, -0.2) is 14.6 Å². The molecule has 74 valence electrons. The number of rotatable bonds is 2. The third-order valence-corrected chi connectivity index (χ3v) is 2.14. The lowest BCUT2D eigenvalue weighted by atomic mass is 10.2. The topological polar surface area (TPSA) is 56.2 Å². The molecule has 2 heterocycles. The average Bonchev–Trinajstić information content (AvgIpc) is 2.47. The van der Waals surface area contributed by atoms with Crippen LogP contribution in [0.15, 0.2) is 12.1 Å². The average molecular weight is 190 g/mol. The van der Waals surface area contributed by atoms with Crippen molar-refractivity contribution in [2.24, 2.45) is 0 Å². The summed E-state index contributed by atoms with van der Waals surface area (Å²) in [6.45, 7) is 4.07. The molecule has 2 aromatic heterocycles. The second-order valence-electron chi connectivity index (χ2n) is 3.48. The first kappa shape index (κ1) is 8.99. The van der Waals surface area contributed by atoms with Gasteiger partial charge in [-0.1, -0.05) is 13.3 Å². The van der Waals surface area contributed by atoms with Gasteiger partial charge >= 0.3 is 0 Å². The molecular weight excluding hydrogens is 176 g/mol. The summed E-state index contributed by atoms with van der Waals surface area (Å²) in [4.78, 5) is 4.47. The molecule has 2 N–H and O–H groups in total. The molecule has 0 fully saturated rings. The number of hydrogen-bond donors (Lipinski definition) is 1. The maximum Gasteiger partial charge on any atom is 0.157 e. The SMILES string of the molecule is CCCc1cc(N)n2nc(C)cc2n1. The number of nitrogens with zero attached hydrogens (tertiary/aromatic N) is 3. The largest absolute Gasteiger partial charge is 0.384 e. The summed E-state index contributed by atoms with van der Waals surface area (Å²) in [6.07, 6.45) is 2.04. The summed E-state index contributed by atoms with van der Waals surface area (Å²) in [5, 5.41) is 4.24. The molecule has 2 rings (SSSR count). The number of aromatic nitrogens is 3. The molecule has 2 aromatic rings. The fourth-order valence-corrected chi connectivity index (χ4v) is 1.55. The van der Waals surface area contributed by atoms with Crippen LogP contribution in [0.5, 0.6) is 0 Å². The Kier molecular flexibility index (Phi) is 2.11. The summed E-state index contributed by atoms with van der Waals surface area (Å²) in [6, 6.07) is 3.83. The van der Waals surface area contributed by atoms with Gasteiger partial charge in [-0.05, 0) is 13.3 Å².